The maximum absolute atomic E-state index is 10.9. The van der Waals surface area contributed by atoms with Crippen molar-refractivity contribution in [3.8, 4) is 0 Å². The maximum Gasteiger partial charge on any atom is 0.163 e. The molecule has 0 N–H and O–H groups in total. The van der Waals surface area contributed by atoms with Crippen LogP contribution >= 0.6 is 0 Å². The number of carbonyl (C=O) groups is 1. The van der Waals surface area contributed by atoms with Gasteiger partial charge in [0, 0.05) is 12.0 Å². The molecule has 9 heavy (non-hydrogen) atoms. The average molecular weight is 120 g/mol. The second-order valence-corrected chi connectivity index (χ2v) is 2.55. The van der Waals surface area contributed by atoms with Crippen LogP contribution in [-0.2, 0) is 4.79 Å². The van der Waals surface area contributed by atoms with Gasteiger partial charge in [0.25, 0.3) is 0 Å². The minimum atomic E-state index is 0.346. The van der Waals surface area contributed by atoms with Gasteiger partial charge in [0.15, 0.2) is 5.78 Å². The summed E-state index contributed by atoms with van der Waals surface area (Å²) in [7, 11) is 0. The zero-order chi connectivity index (χ0) is 6.27. The van der Waals surface area contributed by atoms with Crippen LogP contribution in [0.2, 0.25) is 0 Å². The highest BCUT2D eigenvalue weighted by Crippen LogP contribution is 2.30. The summed E-state index contributed by atoms with van der Waals surface area (Å²) in [5.74, 6) is 0.346. The van der Waals surface area contributed by atoms with E-state index >= 15 is 0 Å². The molecule has 0 bridgehead atoms. The number of ketones is 1. The summed E-state index contributed by atoms with van der Waals surface area (Å²) < 4.78 is 0. The number of allylic oxidation sites excluding steroid dienone is 4. The molecule has 0 fully saturated rings. The first-order valence-electron chi connectivity index (χ1n) is 3.30. The minimum Gasteiger partial charge on any atom is -0.294 e. The summed E-state index contributed by atoms with van der Waals surface area (Å²) in [5, 5.41) is 0. The van der Waals surface area contributed by atoms with Gasteiger partial charge in [-0.15, -0.1) is 0 Å². The zero-order valence-corrected chi connectivity index (χ0v) is 5.18. The van der Waals surface area contributed by atoms with Crippen LogP contribution in [0.4, 0.5) is 0 Å². The molecule has 2 rings (SSSR count). The lowest BCUT2D eigenvalue weighted by molar-refractivity contribution is -0.114. The normalized spacial score (nSPS) is 23.8. The highest BCUT2D eigenvalue weighted by molar-refractivity contribution is 6.02. The Bertz CT molecular complexity index is 221. The van der Waals surface area contributed by atoms with E-state index in [0.717, 1.165) is 24.8 Å². The third-order valence-electron chi connectivity index (χ3n) is 1.98. The van der Waals surface area contributed by atoms with Crippen molar-refractivity contribution in [1.82, 2.24) is 0 Å². The van der Waals surface area contributed by atoms with E-state index in [4.69, 9.17) is 0 Å². The molecular formula is C8H8O. The van der Waals surface area contributed by atoms with Crippen molar-refractivity contribution in [2.24, 2.45) is 0 Å². The fraction of sp³-hybridized carbons (Fsp3) is 0.375. The predicted molar refractivity (Wildman–Crippen MR) is 35.0 cm³/mol. The van der Waals surface area contributed by atoms with Crippen LogP contribution in [0.1, 0.15) is 19.3 Å². The molecule has 0 aromatic heterocycles. The van der Waals surface area contributed by atoms with Gasteiger partial charge in [-0.05, 0) is 12.8 Å². The SMILES string of the molecule is O=C1CCC2=C1C=CC2. The van der Waals surface area contributed by atoms with E-state index in [-0.39, 0.29) is 0 Å². The van der Waals surface area contributed by atoms with Gasteiger partial charge in [0.1, 0.15) is 0 Å². The van der Waals surface area contributed by atoms with Crippen LogP contribution in [0.3, 0.4) is 0 Å². The molecular weight excluding hydrogens is 112 g/mol. The number of rotatable bonds is 0. The molecule has 0 aromatic carbocycles. The van der Waals surface area contributed by atoms with Crippen LogP contribution in [0, 0.1) is 0 Å². The molecule has 0 amide bonds. The molecule has 0 aliphatic heterocycles. The fourth-order valence-corrected chi connectivity index (χ4v) is 1.47. The Hall–Kier alpha value is -0.850. The molecule has 0 heterocycles. The Morgan fingerprint density at radius 3 is 3.00 bits per heavy atom. The third kappa shape index (κ3) is 0.576. The van der Waals surface area contributed by atoms with Gasteiger partial charge in [-0.3, -0.25) is 4.79 Å². The van der Waals surface area contributed by atoms with Crippen molar-refractivity contribution in [3.05, 3.63) is 23.3 Å². The Morgan fingerprint density at radius 2 is 2.22 bits per heavy atom. The number of hydrogen-bond acceptors (Lipinski definition) is 1. The molecule has 1 heteroatoms. The summed E-state index contributed by atoms with van der Waals surface area (Å²) >= 11 is 0. The lowest BCUT2D eigenvalue weighted by Gasteiger charge is -1.86. The van der Waals surface area contributed by atoms with Gasteiger partial charge < -0.3 is 0 Å². The Kier molecular flexibility index (Phi) is 0.865. The van der Waals surface area contributed by atoms with Crippen molar-refractivity contribution in [2.75, 3.05) is 0 Å². The van der Waals surface area contributed by atoms with E-state index in [1.165, 1.54) is 5.57 Å². The van der Waals surface area contributed by atoms with Gasteiger partial charge in [0.2, 0.25) is 0 Å². The van der Waals surface area contributed by atoms with Crippen molar-refractivity contribution >= 4 is 5.78 Å². The highest BCUT2D eigenvalue weighted by Gasteiger charge is 2.22. The molecule has 1 nitrogen and oxygen atoms in total. The minimum absolute atomic E-state index is 0.346. The molecule has 46 valence electrons. The zero-order valence-electron chi connectivity index (χ0n) is 5.18. The molecule has 0 saturated carbocycles. The Labute approximate surface area is 54.1 Å². The lowest BCUT2D eigenvalue weighted by Crippen LogP contribution is -1.90. The number of Topliss-reactive ketones (excluding diaryl/α,β-unsaturated/α-hetero) is 1. The molecule has 0 saturated heterocycles. The molecule has 2 aliphatic rings. The standard InChI is InChI=1S/C8H8O/c9-8-5-4-6-2-1-3-7(6)8/h1,3H,2,4-5H2. The van der Waals surface area contributed by atoms with Crippen LogP contribution < -0.4 is 0 Å². The number of carbonyl (C=O) groups excluding carboxylic acids is 1. The van der Waals surface area contributed by atoms with Gasteiger partial charge in [0.05, 0.1) is 0 Å². The van der Waals surface area contributed by atoms with E-state index < -0.39 is 0 Å². The third-order valence-corrected chi connectivity index (χ3v) is 1.98. The van der Waals surface area contributed by atoms with Crippen molar-refractivity contribution in [3.63, 3.8) is 0 Å². The Balaban J connectivity index is 2.43. The van der Waals surface area contributed by atoms with Gasteiger partial charge in [-0.1, -0.05) is 17.7 Å². The van der Waals surface area contributed by atoms with E-state index in [1.54, 1.807) is 0 Å². The summed E-state index contributed by atoms with van der Waals surface area (Å²) in [4.78, 5) is 10.9. The Morgan fingerprint density at radius 1 is 1.33 bits per heavy atom. The second kappa shape index (κ2) is 1.56. The summed E-state index contributed by atoms with van der Waals surface area (Å²) in [6.07, 6.45) is 6.84. The van der Waals surface area contributed by atoms with Crippen molar-refractivity contribution < 1.29 is 4.79 Å². The fourth-order valence-electron chi connectivity index (χ4n) is 1.47. The van der Waals surface area contributed by atoms with E-state index in [9.17, 15) is 4.79 Å². The van der Waals surface area contributed by atoms with Crippen LogP contribution in [0.25, 0.3) is 0 Å². The highest BCUT2D eigenvalue weighted by atomic mass is 16.1. The lowest BCUT2D eigenvalue weighted by atomic mass is 10.2. The second-order valence-electron chi connectivity index (χ2n) is 2.55. The number of hydrogen-bond donors (Lipinski definition) is 0. The largest absolute Gasteiger partial charge is 0.294 e. The summed E-state index contributed by atoms with van der Waals surface area (Å²) in [6.45, 7) is 0. The van der Waals surface area contributed by atoms with E-state index in [0.29, 0.717) is 5.78 Å². The smallest absolute Gasteiger partial charge is 0.163 e. The van der Waals surface area contributed by atoms with Gasteiger partial charge in [-0.25, -0.2) is 0 Å². The quantitative estimate of drug-likeness (QED) is 0.474. The summed E-state index contributed by atoms with van der Waals surface area (Å²) in [6, 6.07) is 0. The monoisotopic (exact) mass is 120 g/mol. The van der Waals surface area contributed by atoms with Crippen molar-refractivity contribution in [1.29, 1.82) is 0 Å². The van der Waals surface area contributed by atoms with E-state index in [1.807, 2.05) is 6.08 Å². The predicted octanol–water partition coefficient (Wildman–Crippen LogP) is 1.61. The molecule has 0 atom stereocenters. The van der Waals surface area contributed by atoms with Crippen LogP contribution in [0.5, 0.6) is 0 Å². The molecule has 0 aromatic rings. The molecule has 0 radical (unpaired) electrons. The first kappa shape index (κ1) is 4.98. The first-order valence-corrected chi connectivity index (χ1v) is 3.30. The average Bonchev–Trinajstić information content (AvgIpc) is 2.35. The summed E-state index contributed by atoms with van der Waals surface area (Å²) in [5.41, 5.74) is 2.37. The molecule has 0 spiro atoms. The molecule has 2 aliphatic carbocycles. The van der Waals surface area contributed by atoms with Crippen molar-refractivity contribution in [2.45, 2.75) is 19.3 Å². The maximum atomic E-state index is 10.9. The van der Waals surface area contributed by atoms with E-state index in [2.05, 4.69) is 6.08 Å². The first-order chi connectivity index (χ1) is 4.38. The van der Waals surface area contributed by atoms with Gasteiger partial charge in [-0.2, -0.15) is 0 Å². The topological polar surface area (TPSA) is 17.1 Å². The van der Waals surface area contributed by atoms with Gasteiger partial charge >= 0.3 is 0 Å². The van der Waals surface area contributed by atoms with Crippen LogP contribution in [-0.4, -0.2) is 5.78 Å². The molecule has 0 unspecified atom stereocenters. The van der Waals surface area contributed by atoms with Crippen LogP contribution in [0.15, 0.2) is 23.3 Å².